The highest BCUT2D eigenvalue weighted by Gasteiger charge is 2.64. The maximum Gasteiger partial charge on any atom is 0.244 e. The normalized spacial score (nSPS) is 31.0. The molecule has 112 valence electrons. The Morgan fingerprint density at radius 3 is 3.05 bits per heavy atom. The van der Waals surface area contributed by atoms with Gasteiger partial charge in [0.05, 0.1) is 6.21 Å². The minimum absolute atomic E-state index is 0.00939. The van der Waals surface area contributed by atoms with Gasteiger partial charge >= 0.3 is 0 Å². The van der Waals surface area contributed by atoms with Gasteiger partial charge in [-0.05, 0) is 42.4 Å². The fourth-order valence-corrected chi connectivity index (χ4v) is 4.09. The lowest BCUT2D eigenvalue weighted by Gasteiger charge is -2.15. The van der Waals surface area contributed by atoms with E-state index in [1.807, 2.05) is 0 Å². The Hall–Kier alpha value is -1.36. The Labute approximate surface area is 132 Å². The summed E-state index contributed by atoms with van der Waals surface area (Å²) in [5, 5.41) is 13.7. The van der Waals surface area contributed by atoms with E-state index >= 15 is 0 Å². The van der Waals surface area contributed by atoms with E-state index in [1.54, 1.807) is 18.2 Å². The molecule has 1 aromatic carbocycles. The Kier molecular flexibility index (Phi) is 3.78. The highest BCUT2D eigenvalue weighted by atomic mass is 79.9. The first kappa shape index (κ1) is 14.6. The number of hydrogen-bond acceptors (Lipinski definition) is 3. The van der Waals surface area contributed by atoms with E-state index in [9.17, 15) is 9.90 Å². The number of hydrogen-bond donors (Lipinski definition) is 2. The van der Waals surface area contributed by atoms with E-state index in [0.717, 1.165) is 17.3 Å². The van der Waals surface area contributed by atoms with Crippen LogP contribution in [-0.2, 0) is 4.79 Å². The number of hydrazone groups is 1. The number of nitrogens with zero attached hydrogens (tertiary/aromatic N) is 1. The van der Waals surface area contributed by atoms with Gasteiger partial charge in [0.25, 0.3) is 0 Å². The van der Waals surface area contributed by atoms with E-state index in [0.29, 0.717) is 11.5 Å². The summed E-state index contributed by atoms with van der Waals surface area (Å²) in [7, 11) is 0. The van der Waals surface area contributed by atoms with Crippen molar-refractivity contribution >= 4 is 28.1 Å². The minimum atomic E-state index is 0.00939. The van der Waals surface area contributed by atoms with Gasteiger partial charge in [0.2, 0.25) is 5.91 Å². The number of fused-ring (bicyclic) bond motifs is 1. The zero-order valence-corrected chi connectivity index (χ0v) is 13.6. The summed E-state index contributed by atoms with van der Waals surface area (Å²) in [5.74, 6) is 0.785. The van der Waals surface area contributed by atoms with E-state index in [4.69, 9.17) is 0 Å². The third kappa shape index (κ3) is 2.71. The molecule has 4 nitrogen and oxygen atoms in total. The summed E-state index contributed by atoms with van der Waals surface area (Å²) in [6.45, 7) is 2.21. The van der Waals surface area contributed by atoms with Crippen LogP contribution in [0, 0.1) is 17.3 Å². The van der Waals surface area contributed by atoms with Crippen LogP contribution in [0.1, 0.15) is 38.2 Å². The van der Waals surface area contributed by atoms with Gasteiger partial charge in [0.1, 0.15) is 5.75 Å². The first-order valence-electron chi connectivity index (χ1n) is 7.34. The summed E-state index contributed by atoms with van der Waals surface area (Å²) in [5.41, 5.74) is 3.39. The van der Waals surface area contributed by atoms with Gasteiger partial charge in [0, 0.05) is 16.0 Å². The molecule has 0 aromatic heterocycles. The number of rotatable bonds is 3. The van der Waals surface area contributed by atoms with Crippen molar-refractivity contribution in [2.75, 3.05) is 0 Å². The van der Waals surface area contributed by atoms with Gasteiger partial charge in [-0.1, -0.05) is 35.7 Å². The van der Waals surface area contributed by atoms with Crippen LogP contribution in [-0.4, -0.2) is 17.2 Å². The second kappa shape index (κ2) is 5.44. The number of phenols is 1. The van der Waals surface area contributed by atoms with Crippen LogP contribution in [0.5, 0.6) is 5.75 Å². The Morgan fingerprint density at radius 2 is 2.33 bits per heavy atom. The molecule has 3 atom stereocenters. The molecule has 0 spiro atoms. The van der Waals surface area contributed by atoms with Gasteiger partial charge in [-0.25, -0.2) is 5.43 Å². The largest absolute Gasteiger partial charge is 0.507 e. The molecule has 2 N–H and O–H groups in total. The minimum Gasteiger partial charge on any atom is -0.507 e. The number of benzene rings is 1. The van der Waals surface area contributed by atoms with Crippen LogP contribution in [0.15, 0.2) is 27.8 Å². The number of halogens is 1. The summed E-state index contributed by atoms with van der Waals surface area (Å²) in [6.07, 6.45) is 6.24. The molecule has 3 rings (SSSR count). The molecule has 2 saturated carbocycles. The lowest BCUT2D eigenvalue weighted by Crippen LogP contribution is -2.22. The number of carbonyl (C=O) groups is 1. The Bertz CT molecular complexity index is 602. The molecule has 0 aliphatic heterocycles. The molecule has 1 aromatic rings. The molecule has 2 aliphatic rings. The lowest BCUT2D eigenvalue weighted by molar-refractivity contribution is -0.123. The molecule has 0 bridgehead atoms. The fraction of sp³-hybridized carbons (Fsp3) is 0.500. The molecular formula is C16H19BrN2O2. The number of amides is 1. The molecule has 2 fully saturated rings. The Balaban J connectivity index is 1.62. The average Bonchev–Trinajstić information content (AvgIpc) is 3.08. The SMILES string of the molecule is CC12CCCCC1C2C(=O)NN=Cc1cc(Br)ccc1O. The summed E-state index contributed by atoms with van der Waals surface area (Å²) >= 11 is 3.34. The van der Waals surface area contributed by atoms with Crippen molar-refractivity contribution in [3.05, 3.63) is 28.2 Å². The van der Waals surface area contributed by atoms with Crippen molar-refractivity contribution in [3.63, 3.8) is 0 Å². The Morgan fingerprint density at radius 1 is 1.52 bits per heavy atom. The van der Waals surface area contributed by atoms with Crippen molar-refractivity contribution in [2.45, 2.75) is 32.6 Å². The highest BCUT2D eigenvalue weighted by molar-refractivity contribution is 9.10. The fourth-order valence-electron chi connectivity index (χ4n) is 3.71. The van der Waals surface area contributed by atoms with Crippen molar-refractivity contribution in [2.24, 2.45) is 22.4 Å². The van der Waals surface area contributed by atoms with Gasteiger partial charge in [-0.2, -0.15) is 5.10 Å². The number of carbonyl (C=O) groups excluding carboxylic acids is 1. The molecule has 1 amide bonds. The third-order valence-electron chi connectivity index (χ3n) is 4.98. The monoisotopic (exact) mass is 350 g/mol. The van der Waals surface area contributed by atoms with Crippen LogP contribution in [0.2, 0.25) is 0 Å². The van der Waals surface area contributed by atoms with E-state index in [-0.39, 0.29) is 23.0 Å². The predicted octanol–water partition coefficient (Wildman–Crippen LogP) is 3.43. The number of phenolic OH excluding ortho intramolecular Hbond substituents is 1. The number of aromatic hydroxyl groups is 1. The van der Waals surface area contributed by atoms with Crippen molar-refractivity contribution in [3.8, 4) is 5.75 Å². The zero-order chi connectivity index (χ0) is 15.0. The maximum atomic E-state index is 12.2. The van der Waals surface area contributed by atoms with Crippen LogP contribution in [0.3, 0.4) is 0 Å². The van der Waals surface area contributed by atoms with Gasteiger partial charge in [-0.15, -0.1) is 0 Å². The van der Waals surface area contributed by atoms with Crippen LogP contribution < -0.4 is 5.43 Å². The van der Waals surface area contributed by atoms with E-state index in [1.165, 1.54) is 19.1 Å². The first-order valence-corrected chi connectivity index (χ1v) is 8.13. The molecule has 5 heteroatoms. The quantitative estimate of drug-likeness (QED) is 0.647. The number of nitrogens with one attached hydrogen (secondary N) is 1. The molecule has 0 heterocycles. The molecule has 2 aliphatic carbocycles. The maximum absolute atomic E-state index is 12.2. The summed E-state index contributed by atoms with van der Waals surface area (Å²) < 4.78 is 0.855. The van der Waals surface area contributed by atoms with Crippen LogP contribution in [0.4, 0.5) is 0 Å². The van der Waals surface area contributed by atoms with Gasteiger partial charge < -0.3 is 5.11 Å². The summed E-state index contributed by atoms with van der Waals surface area (Å²) in [4.78, 5) is 12.2. The first-order chi connectivity index (χ1) is 10.0. The third-order valence-corrected chi connectivity index (χ3v) is 5.48. The standard InChI is InChI=1S/C16H19BrN2O2/c1-16-7-3-2-4-12(16)14(16)15(21)19-18-9-10-8-11(17)5-6-13(10)20/h5-6,8-9,12,14,20H,2-4,7H2,1H3,(H,19,21). The lowest BCUT2D eigenvalue weighted by atomic mass is 9.90. The molecular weight excluding hydrogens is 332 g/mol. The van der Waals surface area contributed by atoms with Crippen molar-refractivity contribution in [1.29, 1.82) is 0 Å². The average molecular weight is 351 g/mol. The second-order valence-corrected chi connectivity index (χ2v) is 7.19. The van der Waals surface area contributed by atoms with Crippen LogP contribution >= 0.6 is 15.9 Å². The highest BCUT2D eigenvalue weighted by Crippen LogP contribution is 2.66. The molecule has 0 radical (unpaired) electrons. The smallest absolute Gasteiger partial charge is 0.244 e. The van der Waals surface area contributed by atoms with Crippen molar-refractivity contribution in [1.82, 2.24) is 5.43 Å². The molecule has 21 heavy (non-hydrogen) atoms. The summed E-state index contributed by atoms with van der Waals surface area (Å²) in [6, 6.07) is 5.09. The van der Waals surface area contributed by atoms with Gasteiger partial charge in [-0.3, -0.25) is 4.79 Å². The van der Waals surface area contributed by atoms with E-state index < -0.39 is 0 Å². The van der Waals surface area contributed by atoms with Crippen LogP contribution in [0.25, 0.3) is 0 Å². The molecule has 0 saturated heterocycles. The molecule has 3 unspecified atom stereocenters. The van der Waals surface area contributed by atoms with Gasteiger partial charge in [0.15, 0.2) is 0 Å². The zero-order valence-electron chi connectivity index (χ0n) is 12.0. The van der Waals surface area contributed by atoms with Crippen molar-refractivity contribution < 1.29 is 9.90 Å². The topological polar surface area (TPSA) is 61.7 Å². The van der Waals surface area contributed by atoms with E-state index in [2.05, 4.69) is 33.4 Å². The second-order valence-electron chi connectivity index (χ2n) is 6.27. The predicted molar refractivity (Wildman–Crippen MR) is 85.1 cm³/mol.